The lowest BCUT2D eigenvalue weighted by Gasteiger charge is -2.29. The van der Waals surface area contributed by atoms with E-state index >= 15 is 0 Å². The van der Waals surface area contributed by atoms with Gasteiger partial charge in [-0.2, -0.15) is 4.31 Å². The number of rotatable bonds is 13. The molecular formula is C26H31NO8S. The van der Waals surface area contributed by atoms with E-state index < -0.39 is 22.3 Å². The molecule has 36 heavy (non-hydrogen) atoms. The molecule has 0 amide bonds. The van der Waals surface area contributed by atoms with Gasteiger partial charge in [0.15, 0.2) is 0 Å². The molecule has 1 N–H and O–H groups in total. The third-order valence-corrected chi connectivity index (χ3v) is 7.42. The number of hydrogen-bond donors (Lipinski definition) is 1. The molecule has 2 aromatic rings. The van der Waals surface area contributed by atoms with Crippen molar-refractivity contribution in [2.24, 2.45) is 0 Å². The minimum Gasteiger partial charge on any atom is -0.497 e. The summed E-state index contributed by atoms with van der Waals surface area (Å²) in [5.74, 6) is -0.232. The fourth-order valence-corrected chi connectivity index (χ4v) is 5.11. The summed E-state index contributed by atoms with van der Waals surface area (Å²) in [7, 11) is -2.38. The SMILES string of the molecule is C=CCOC(=O)C1=CC(c2ccccc2)CC(OCCN(CCO)S(=O)(=O)c2ccc(OC)cc2)O1. The van der Waals surface area contributed by atoms with Crippen LogP contribution in [0.25, 0.3) is 0 Å². The van der Waals surface area contributed by atoms with Crippen molar-refractivity contribution in [1.29, 1.82) is 0 Å². The molecule has 1 aliphatic rings. The van der Waals surface area contributed by atoms with Gasteiger partial charge in [0, 0.05) is 25.4 Å². The van der Waals surface area contributed by atoms with Gasteiger partial charge < -0.3 is 24.1 Å². The van der Waals surface area contributed by atoms with Crippen molar-refractivity contribution >= 4 is 16.0 Å². The molecule has 1 aliphatic heterocycles. The van der Waals surface area contributed by atoms with Crippen LogP contribution in [0.3, 0.4) is 0 Å². The molecule has 0 radical (unpaired) electrons. The third-order valence-electron chi connectivity index (χ3n) is 5.51. The maximum Gasteiger partial charge on any atom is 0.373 e. The lowest BCUT2D eigenvalue weighted by Crippen LogP contribution is -2.37. The molecule has 0 aliphatic carbocycles. The highest BCUT2D eigenvalue weighted by molar-refractivity contribution is 7.89. The molecule has 2 atom stereocenters. The molecule has 9 nitrogen and oxygen atoms in total. The van der Waals surface area contributed by atoms with Crippen molar-refractivity contribution in [3.8, 4) is 5.75 Å². The smallest absolute Gasteiger partial charge is 0.373 e. The summed E-state index contributed by atoms with van der Waals surface area (Å²) < 4.78 is 49.1. The lowest BCUT2D eigenvalue weighted by atomic mass is 9.93. The van der Waals surface area contributed by atoms with Gasteiger partial charge in [0.1, 0.15) is 12.4 Å². The van der Waals surface area contributed by atoms with Crippen molar-refractivity contribution in [2.45, 2.75) is 23.5 Å². The van der Waals surface area contributed by atoms with Crippen LogP contribution in [0.4, 0.5) is 0 Å². The molecule has 0 fully saturated rings. The van der Waals surface area contributed by atoms with Gasteiger partial charge in [-0.1, -0.05) is 43.0 Å². The number of benzene rings is 2. The number of carbonyl (C=O) groups is 1. The van der Waals surface area contributed by atoms with Crippen LogP contribution in [0, 0.1) is 0 Å². The van der Waals surface area contributed by atoms with Gasteiger partial charge in [-0.25, -0.2) is 13.2 Å². The summed E-state index contributed by atoms with van der Waals surface area (Å²) >= 11 is 0. The number of allylic oxidation sites excluding steroid dienone is 1. The summed E-state index contributed by atoms with van der Waals surface area (Å²) in [6.07, 6.45) is 2.79. The van der Waals surface area contributed by atoms with Crippen LogP contribution < -0.4 is 4.74 Å². The number of ether oxygens (including phenoxy) is 4. The molecule has 0 bridgehead atoms. The Labute approximate surface area is 211 Å². The first-order chi connectivity index (χ1) is 17.4. The second kappa shape index (κ2) is 13.2. The number of hydrogen-bond acceptors (Lipinski definition) is 8. The topological polar surface area (TPSA) is 112 Å². The first kappa shape index (κ1) is 27.4. The number of aliphatic hydroxyl groups is 1. The van der Waals surface area contributed by atoms with E-state index in [1.54, 1.807) is 18.2 Å². The maximum atomic E-state index is 13.1. The predicted octanol–water partition coefficient (Wildman–Crippen LogP) is 2.84. The van der Waals surface area contributed by atoms with Gasteiger partial charge in [0.25, 0.3) is 0 Å². The van der Waals surface area contributed by atoms with E-state index in [0.29, 0.717) is 12.2 Å². The van der Waals surface area contributed by atoms with Crippen LogP contribution in [-0.2, 0) is 29.0 Å². The molecule has 1 heterocycles. The number of aliphatic hydroxyl groups excluding tert-OH is 1. The van der Waals surface area contributed by atoms with E-state index in [0.717, 1.165) is 9.87 Å². The Morgan fingerprint density at radius 1 is 1.17 bits per heavy atom. The van der Waals surface area contributed by atoms with E-state index in [2.05, 4.69) is 6.58 Å². The van der Waals surface area contributed by atoms with Crippen molar-refractivity contribution in [1.82, 2.24) is 4.31 Å². The molecule has 0 saturated heterocycles. The zero-order valence-electron chi connectivity index (χ0n) is 20.1. The largest absolute Gasteiger partial charge is 0.497 e. The molecule has 194 valence electrons. The Hall–Kier alpha value is -3.18. The first-order valence-corrected chi connectivity index (χ1v) is 12.9. The molecule has 0 aromatic heterocycles. The second-order valence-electron chi connectivity index (χ2n) is 7.89. The molecule has 2 aromatic carbocycles. The van der Waals surface area contributed by atoms with Crippen LogP contribution in [-0.4, -0.2) is 70.1 Å². The van der Waals surface area contributed by atoms with E-state index in [9.17, 15) is 18.3 Å². The van der Waals surface area contributed by atoms with Gasteiger partial charge in [-0.3, -0.25) is 0 Å². The number of esters is 1. The first-order valence-electron chi connectivity index (χ1n) is 11.5. The fourth-order valence-electron chi connectivity index (χ4n) is 3.69. The standard InChI is InChI=1S/C26H31NO8S/c1-3-16-34-26(29)24-18-21(20-7-5-4-6-8-20)19-25(35-24)33-17-14-27(13-15-28)36(30,31)23-11-9-22(32-2)10-12-23/h3-12,18,21,25,28H,1,13-17,19H2,2H3. The van der Waals surface area contributed by atoms with E-state index in [1.165, 1.54) is 25.3 Å². The van der Waals surface area contributed by atoms with Gasteiger partial charge >= 0.3 is 5.97 Å². The molecule has 3 rings (SSSR count). The van der Waals surface area contributed by atoms with Crippen molar-refractivity contribution in [3.63, 3.8) is 0 Å². The van der Waals surface area contributed by atoms with E-state index in [-0.39, 0.29) is 49.5 Å². The molecule has 0 spiro atoms. The van der Waals surface area contributed by atoms with Gasteiger partial charge in [0.05, 0.1) is 25.2 Å². The zero-order valence-corrected chi connectivity index (χ0v) is 20.9. The van der Waals surface area contributed by atoms with Crippen LogP contribution in [0.15, 0.2) is 84.0 Å². The third kappa shape index (κ3) is 7.17. The highest BCUT2D eigenvalue weighted by Crippen LogP contribution is 2.32. The quantitative estimate of drug-likeness (QED) is 0.319. The molecule has 0 saturated carbocycles. The Morgan fingerprint density at radius 3 is 2.53 bits per heavy atom. The minimum absolute atomic E-state index is 0.0173. The monoisotopic (exact) mass is 517 g/mol. The molecular weight excluding hydrogens is 486 g/mol. The number of sulfonamides is 1. The van der Waals surface area contributed by atoms with Crippen LogP contribution in [0.5, 0.6) is 5.75 Å². The Morgan fingerprint density at radius 2 is 1.89 bits per heavy atom. The van der Waals surface area contributed by atoms with E-state index in [4.69, 9.17) is 18.9 Å². The lowest BCUT2D eigenvalue weighted by molar-refractivity contribution is -0.160. The molecule has 10 heteroatoms. The van der Waals surface area contributed by atoms with Gasteiger partial charge in [0.2, 0.25) is 22.1 Å². The molecule has 2 unspecified atom stereocenters. The minimum atomic E-state index is -3.88. The number of carbonyl (C=O) groups excluding carboxylic acids is 1. The Bertz CT molecular complexity index is 1130. The zero-order chi connectivity index (χ0) is 26.0. The average Bonchev–Trinajstić information content (AvgIpc) is 2.91. The summed E-state index contributed by atoms with van der Waals surface area (Å²) in [6, 6.07) is 15.6. The average molecular weight is 518 g/mol. The Balaban J connectivity index is 1.69. The highest BCUT2D eigenvalue weighted by Gasteiger charge is 2.30. The van der Waals surface area contributed by atoms with Crippen molar-refractivity contribution in [2.75, 3.05) is 40.0 Å². The second-order valence-corrected chi connectivity index (χ2v) is 9.83. The predicted molar refractivity (Wildman–Crippen MR) is 133 cm³/mol. The maximum absolute atomic E-state index is 13.1. The van der Waals surface area contributed by atoms with Gasteiger partial charge in [-0.05, 0) is 35.9 Å². The summed E-state index contributed by atoms with van der Waals surface area (Å²) in [5.41, 5.74) is 0.979. The van der Waals surface area contributed by atoms with Crippen LogP contribution in [0.2, 0.25) is 0 Å². The van der Waals surface area contributed by atoms with Crippen molar-refractivity contribution in [3.05, 3.63) is 84.7 Å². The fraction of sp³-hybridized carbons (Fsp3) is 0.346. The van der Waals surface area contributed by atoms with Crippen LogP contribution in [0.1, 0.15) is 17.9 Å². The summed E-state index contributed by atoms with van der Waals surface area (Å²) in [4.78, 5) is 12.5. The number of nitrogens with zero attached hydrogens (tertiary/aromatic N) is 1. The van der Waals surface area contributed by atoms with Crippen molar-refractivity contribution < 1.29 is 37.3 Å². The highest BCUT2D eigenvalue weighted by atomic mass is 32.2. The van der Waals surface area contributed by atoms with Crippen LogP contribution >= 0.6 is 0 Å². The van der Waals surface area contributed by atoms with Gasteiger partial charge in [-0.15, -0.1) is 0 Å². The normalized spacial score (nSPS) is 17.7. The summed E-state index contributed by atoms with van der Waals surface area (Å²) in [5, 5.41) is 9.45. The Kier molecular flexibility index (Phi) is 10.1. The van der Waals surface area contributed by atoms with E-state index in [1.807, 2.05) is 30.3 Å². The summed E-state index contributed by atoms with van der Waals surface area (Å²) in [6.45, 7) is 3.08. The number of methoxy groups -OCH3 is 1.